The molecule has 1 N–H and O–H groups in total. The van der Waals surface area contributed by atoms with Crippen LogP contribution in [0.2, 0.25) is 0 Å². The van der Waals surface area contributed by atoms with Gasteiger partial charge in [-0.1, -0.05) is 0 Å². The van der Waals surface area contributed by atoms with E-state index < -0.39 is 0 Å². The summed E-state index contributed by atoms with van der Waals surface area (Å²) in [5.41, 5.74) is 5.57. The molecule has 30 heavy (non-hydrogen) atoms. The van der Waals surface area contributed by atoms with E-state index in [1.807, 2.05) is 54.8 Å². The molecule has 0 aliphatic carbocycles. The van der Waals surface area contributed by atoms with E-state index in [0.717, 1.165) is 65.4 Å². The fourth-order valence-electron chi connectivity index (χ4n) is 3.88. The Bertz CT molecular complexity index is 1210. The molecule has 9 nitrogen and oxygen atoms in total. The van der Waals surface area contributed by atoms with Gasteiger partial charge in [-0.3, -0.25) is 9.67 Å². The van der Waals surface area contributed by atoms with Gasteiger partial charge in [0.15, 0.2) is 5.65 Å². The summed E-state index contributed by atoms with van der Waals surface area (Å²) in [4.78, 5) is 13.9. The number of anilines is 2. The van der Waals surface area contributed by atoms with Crippen molar-refractivity contribution in [2.75, 3.05) is 18.5 Å². The average Bonchev–Trinajstić information content (AvgIpc) is 3.33. The lowest BCUT2D eigenvalue weighted by Crippen LogP contribution is -2.20. The normalized spacial score (nSPS) is 15.0. The van der Waals surface area contributed by atoms with Crippen LogP contribution in [0.3, 0.4) is 0 Å². The van der Waals surface area contributed by atoms with Gasteiger partial charge in [-0.25, -0.2) is 9.67 Å². The Kier molecular flexibility index (Phi) is 4.66. The highest BCUT2D eigenvalue weighted by Gasteiger charge is 2.21. The first-order valence-corrected chi connectivity index (χ1v) is 10.1. The topological polar surface area (TPSA) is 95.6 Å². The summed E-state index contributed by atoms with van der Waals surface area (Å²) in [6.45, 7) is 5.56. The number of aryl methyl sites for hydroxylation is 3. The Morgan fingerprint density at radius 2 is 1.97 bits per heavy atom. The highest BCUT2D eigenvalue weighted by atomic mass is 16.5. The Morgan fingerprint density at radius 3 is 2.70 bits per heavy atom. The van der Waals surface area contributed by atoms with Crippen molar-refractivity contribution in [2.24, 2.45) is 7.05 Å². The fraction of sp³-hybridized carbons (Fsp3) is 0.381. The van der Waals surface area contributed by atoms with Crippen LogP contribution in [-0.2, 0) is 11.8 Å². The molecular formula is C21H24N8O. The highest BCUT2D eigenvalue weighted by Crippen LogP contribution is 2.28. The molecular weight excluding hydrogens is 380 g/mol. The Hall–Kier alpha value is -3.33. The molecule has 4 aromatic rings. The Labute approximate surface area is 174 Å². The zero-order valence-corrected chi connectivity index (χ0v) is 17.3. The molecule has 0 atom stereocenters. The van der Waals surface area contributed by atoms with Crippen molar-refractivity contribution in [1.82, 2.24) is 34.5 Å². The minimum absolute atomic E-state index is 0.305. The summed E-state index contributed by atoms with van der Waals surface area (Å²) < 4.78 is 9.35. The van der Waals surface area contributed by atoms with Gasteiger partial charge in [-0.05, 0) is 44.4 Å². The molecule has 0 amide bonds. The first-order valence-electron chi connectivity index (χ1n) is 10.1. The molecule has 0 spiro atoms. The number of pyridine rings is 1. The number of nitrogens with zero attached hydrogens (tertiary/aromatic N) is 7. The lowest BCUT2D eigenvalue weighted by Gasteiger charge is -2.22. The van der Waals surface area contributed by atoms with Gasteiger partial charge in [0.2, 0.25) is 5.95 Å². The Morgan fingerprint density at radius 1 is 1.13 bits per heavy atom. The van der Waals surface area contributed by atoms with Gasteiger partial charge in [0, 0.05) is 32.7 Å². The zero-order chi connectivity index (χ0) is 20.7. The fourth-order valence-corrected chi connectivity index (χ4v) is 3.88. The number of aromatic nitrogens is 7. The molecule has 0 saturated carbocycles. The molecule has 0 bridgehead atoms. The molecule has 9 heteroatoms. The third kappa shape index (κ3) is 3.30. The van der Waals surface area contributed by atoms with Crippen molar-refractivity contribution < 1.29 is 4.74 Å². The summed E-state index contributed by atoms with van der Waals surface area (Å²) in [6, 6.07) is 4.29. The van der Waals surface area contributed by atoms with Gasteiger partial charge in [0.1, 0.15) is 0 Å². The summed E-state index contributed by atoms with van der Waals surface area (Å²) in [7, 11) is 1.91. The van der Waals surface area contributed by atoms with E-state index in [1.165, 1.54) is 0 Å². The first-order chi connectivity index (χ1) is 14.6. The number of hydrogen-bond donors (Lipinski definition) is 1. The molecule has 0 aromatic carbocycles. The summed E-state index contributed by atoms with van der Waals surface area (Å²) >= 11 is 0. The van der Waals surface area contributed by atoms with E-state index in [1.54, 1.807) is 6.20 Å². The van der Waals surface area contributed by atoms with Crippen LogP contribution in [0.15, 0.2) is 30.7 Å². The van der Waals surface area contributed by atoms with Crippen molar-refractivity contribution in [1.29, 1.82) is 0 Å². The van der Waals surface area contributed by atoms with Gasteiger partial charge in [-0.15, -0.1) is 0 Å². The van der Waals surface area contributed by atoms with Gasteiger partial charge in [0.25, 0.3) is 0 Å². The third-order valence-electron chi connectivity index (χ3n) is 5.61. The minimum atomic E-state index is 0.305. The highest BCUT2D eigenvalue weighted by molar-refractivity contribution is 5.79. The predicted molar refractivity (Wildman–Crippen MR) is 114 cm³/mol. The molecule has 1 fully saturated rings. The maximum atomic E-state index is 5.50. The molecule has 5 rings (SSSR count). The van der Waals surface area contributed by atoms with E-state index in [2.05, 4.69) is 20.4 Å². The van der Waals surface area contributed by atoms with E-state index in [9.17, 15) is 0 Å². The SMILES string of the molecule is Cc1cc(-c2ccnn2C)ncc1Nc1ncc2c(C)nn(C3CCOCC3)c2n1. The van der Waals surface area contributed by atoms with Gasteiger partial charge in [0.05, 0.1) is 40.4 Å². The number of rotatable bonds is 4. The largest absolute Gasteiger partial charge is 0.381 e. The van der Waals surface area contributed by atoms with E-state index in [-0.39, 0.29) is 0 Å². The van der Waals surface area contributed by atoms with Crippen LogP contribution in [0, 0.1) is 13.8 Å². The molecule has 0 unspecified atom stereocenters. The second-order valence-corrected chi connectivity index (χ2v) is 7.65. The van der Waals surface area contributed by atoms with Crippen LogP contribution in [-0.4, -0.2) is 47.7 Å². The third-order valence-corrected chi connectivity index (χ3v) is 5.61. The van der Waals surface area contributed by atoms with Gasteiger partial charge >= 0.3 is 0 Å². The predicted octanol–water partition coefficient (Wildman–Crippen LogP) is 3.33. The smallest absolute Gasteiger partial charge is 0.229 e. The average molecular weight is 404 g/mol. The van der Waals surface area contributed by atoms with Gasteiger partial charge in [-0.2, -0.15) is 15.2 Å². The quantitative estimate of drug-likeness (QED) is 0.557. The van der Waals surface area contributed by atoms with Crippen LogP contribution in [0.1, 0.15) is 30.1 Å². The van der Waals surface area contributed by atoms with Crippen LogP contribution in [0.25, 0.3) is 22.4 Å². The maximum absolute atomic E-state index is 5.50. The van der Waals surface area contributed by atoms with Crippen LogP contribution < -0.4 is 5.32 Å². The lowest BCUT2D eigenvalue weighted by molar-refractivity contribution is 0.0672. The maximum Gasteiger partial charge on any atom is 0.229 e. The molecule has 1 saturated heterocycles. The summed E-state index contributed by atoms with van der Waals surface area (Å²) in [5, 5.41) is 13.3. The number of nitrogens with one attached hydrogen (secondary N) is 1. The molecule has 4 aromatic heterocycles. The molecule has 5 heterocycles. The zero-order valence-electron chi connectivity index (χ0n) is 17.3. The van der Waals surface area contributed by atoms with E-state index >= 15 is 0 Å². The first kappa shape index (κ1) is 18.7. The van der Waals surface area contributed by atoms with Crippen molar-refractivity contribution >= 4 is 22.7 Å². The standard InChI is InChI=1S/C21H24N8O/c1-13-10-17(19-4-7-24-28(19)3)22-12-18(13)25-21-23-11-16-14(2)27-29(20(16)26-21)15-5-8-30-9-6-15/h4,7,10-12,15H,5-6,8-9H2,1-3H3,(H,23,25,26). The van der Waals surface area contributed by atoms with Crippen molar-refractivity contribution in [2.45, 2.75) is 32.7 Å². The van der Waals surface area contributed by atoms with Crippen LogP contribution in [0.5, 0.6) is 0 Å². The molecule has 0 radical (unpaired) electrons. The number of ether oxygens (including phenoxy) is 1. The van der Waals surface area contributed by atoms with Crippen LogP contribution in [0.4, 0.5) is 11.6 Å². The monoisotopic (exact) mass is 404 g/mol. The lowest BCUT2D eigenvalue weighted by atomic mass is 10.1. The van der Waals surface area contributed by atoms with Crippen molar-refractivity contribution in [3.05, 3.63) is 42.0 Å². The molecule has 1 aliphatic heterocycles. The van der Waals surface area contributed by atoms with E-state index in [4.69, 9.17) is 14.8 Å². The molecule has 154 valence electrons. The van der Waals surface area contributed by atoms with Crippen molar-refractivity contribution in [3.63, 3.8) is 0 Å². The Balaban J connectivity index is 1.46. The number of fused-ring (bicyclic) bond motifs is 1. The second-order valence-electron chi connectivity index (χ2n) is 7.65. The minimum Gasteiger partial charge on any atom is -0.381 e. The van der Waals surface area contributed by atoms with Gasteiger partial charge < -0.3 is 10.1 Å². The van der Waals surface area contributed by atoms with Crippen molar-refractivity contribution in [3.8, 4) is 11.4 Å². The van der Waals surface area contributed by atoms with Crippen LogP contribution >= 0.6 is 0 Å². The second kappa shape index (κ2) is 7.49. The number of hydrogen-bond acceptors (Lipinski definition) is 7. The summed E-state index contributed by atoms with van der Waals surface area (Å²) in [6.07, 6.45) is 7.32. The van der Waals surface area contributed by atoms with E-state index in [0.29, 0.717) is 12.0 Å². The molecule has 1 aliphatic rings. The summed E-state index contributed by atoms with van der Waals surface area (Å²) in [5.74, 6) is 0.536.